The van der Waals surface area contributed by atoms with E-state index in [1.54, 1.807) is 16.3 Å². The van der Waals surface area contributed by atoms with Crippen molar-refractivity contribution in [3.63, 3.8) is 0 Å². The zero-order chi connectivity index (χ0) is 13.1. The number of nitrogens with one attached hydrogen (secondary N) is 1. The van der Waals surface area contributed by atoms with Gasteiger partial charge in [-0.1, -0.05) is 18.2 Å². The first-order valence-corrected chi connectivity index (χ1v) is 7.63. The predicted molar refractivity (Wildman–Crippen MR) is 73.9 cm³/mol. The van der Waals surface area contributed by atoms with Crippen LogP contribution in [0.25, 0.3) is 0 Å². The fraction of sp³-hybridized carbons (Fsp3) is 0.833. The molecular weight excluding hydrogens is 248 g/mol. The van der Waals surface area contributed by atoms with E-state index in [0.717, 1.165) is 23.8 Å². The molecule has 0 bridgehead atoms. The summed E-state index contributed by atoms with van der Waals surface area (Å²) in [5, 5.41) is 7.39. The first-order chi connectivity index (χ1) is 8.59. The van der Waals surface area contributed by atoms with Crippen LogP contribution in [0.5, 0.6) is 0 Å². The molecule has 102 valence electrons. The zero-order valence-corrected chi connectivity index (χ0v) is 11.9. The van der Waals surface area contributed by atoms with Gasteiger partial charge in [-0.25, -0.2) is 9.89 Å². The molecule has 6 heteroatoms. The molecule has 18 heavy (non-hydrogen) atoms. The van der Waals surface area contributed by atoms with Crippen molar-refractivity contribution in [2.75, 3.05) is 5.75 Å². The SMILES string of the molecule is CC(C)n1c(SCCC2CCCC2N)n[nH]c1=O. The molecule has 1 aromatic rings. The molecule has 1 fully saturated rings. The van der Waals surface area contributed by atoms with Gasteiger partial charge in [0.1, 0.15) is 0 Å². The number of H-pyrrole nitrogens is 1. The Morgan fingerprint density at radius 1 is 1.56 bits per heavy atom. The fourth-order valence-electron chi connectivity index (χ4n) is 2.57. The van der Waals surface area contributed by atoms with Gasteiger partial charge >= 0.3 is 5.69 Å². The van der Waals surface area contributed by atoms with Crippen LogP contribution in [0.4, 0.5) is 0 Å². The maximum Gasteiger partial charge on any atom is 0.344 e. The van der Waals surface area contributed by atoms with E-state index in [1.165, 1.54) is 12.8 Å². The Morgan fingerprint density at radius 2 is 2.33 bits per heavy atom. The van der Waals surface area contributed by atoms with E-state index in [4.69, 9.17) is 5.73 Å². The highest BCUT2D eigenvalue weighted by molar-refractivity contribution is 7.99. The summed E-state index contributed by atoms with van der Waals surface area (Å²) in [7, 11) is 0. The van der Waals surface area contributed by atoms with Crippen molar-refractivity contribution in [3.8, 4) is 0 Å². The smallest absolute Gasteiger partial charge is 0.327 e. The van der Waals surface area contributed by atoms with Gasteiger partial charge in [-0.15, -0.1) is 5.10 Å². The van der Waals surface area contributed by atoms with Gasteiger partial charge in [0, 0.05) is 17.8 Å². The molecule has 5 nitrogen and oxygen atoms in total. The molecule has 0 saturated heterocycles. The average Bonchev–Trinajstić information content (AvgIpc) is 2.86. The second-order valence-electron chi connectivity index (χ2n) is 5.27. The van der Waals surface area contributed by atoms with Crippen molar-refractivity contribution in [1.29, 1.82) is 0 Å². The normalized spacial score (nSPS) is 24.0. The molecule has 1 aliphatic carbocycles. The Bertz CT molecular complexity index is 440. The molecule has 1 heterocycles. The Morgan fingerprint density at radius 3 is 2.94 bits per heavy atom. The summed E-state index contributed by atoms with van der Waals surface area (Å²) < 4.78 is 1.71. The molecule has 2 unspecified atom stereocenters. The minimum atomic E-state index is -0.120. The van der Waals surface area contributed by atoms with Crippen molar-refractivity contribution in [3.05, 3.63) is 10.5 Å². The molecule has 2 atom stereocenters. The predicted octanol–water partition coefficient (Wildman–Crippen LogP) is 1.76. The molecule has 0 aromatic carbocycles. The molecule has 2 rings (SSSR count). The Labute approximate surface area is 112 Å². The van der Waals surface area contributed by atoms with E-state index >= 15 is 0 Å². The van der Waals surface area contributed by atoms with Gasteiger partial charge in [-0.05, 0) is 39.0 Å². The van der Waals surface area contributed by atoms with Crippen LogP contribution >= 0.6 is 11.8 Å². The summed E-state index contributed by atoms with van der Waals surface area (Å²) in [5.74, 6) is 1.63. The molecular formula is C12H22N4OS. The first-order valence-electron chi connectivity index (χ1n) is 6.65. The monoisotopic (exact) mass is 270 g/mol. The molecule has 0 amide bonds. The maximum absolute atomic E-state index is 11.6. The standard InChI is InChI=1S/C12H22N4OS/c1-8(2)16-11(17)14-15-12(16)18-7-6-9-4-3-5-10(9)13/h8-10H,3-7,13H2,1-2H3,(H,14,17). The molecule has 1 saturated carbocycles. The number of rotatable bonds is 5. The maximum atomic E-state index is 11.6. The number of hydrogen-bond donors (Lipinski definition) is 2. The molecule has 0 radical (unpaired) electrons. The Hall–Kier alpha value is -0.750. The summed E-state index contributed by atoms with van der Waals surface area (Å²) in [6.07, 6.45) is 4.79. The van der Waals surface area contributed by atoms with Crippen LogP contribution in [0, 0.1) is 5.92 Å². The average molecular weight is 270 g/mol. The van der Waals surface area contributed by atoms with Crippen LogP contribution in [0.15, 0.2) is 9.95 Å². The van der Waals surface area contributed by atoms with Crippen molar-refractivity contribution in [2.24, 2.45) is 11.7 Å². The second-order valence-corrected chi connectivity index (χ2v) is 6.33. The van der Waals surface area contributed by atoms with Crippen LogP contribution in [0.1, 0.15) is 45.6 Å². The van der Waals surface area contributed by atoms with Gasteiger partial charge in [-0.3, -0.25) is 4.57 Å². The number of nitrogens with zero attached hydrogens (tertiary/aromatic N) is 2. The quantitative estimate of drug-likeness (QED) is 0.799. The topological polar surface area (TPSA) is 76.7 Å². The van der Waals surface area contributed by atoms with Gasteiger partial charge in [0.2, 0.25) is 0 Å². The second kappa shape index (κ2) is 5.93. The van der Waals surface area contributed by atoms with Gasteiger partial charge in [-0.2, -0.15) is 0 Å². The lowest BCUT2D eigenvalue weighted by atomic mass is 10.0. The van der Waals surface area contributed by atoms with Crippen molar-refractivity contribution in [2.45, 2.75) is 56.8 Å². The van der Waals surface area contributed by atoms with E-state index in [0.29, 0.717) is 12.0 Å². The lowest BCUT2D eigenvalue weighted by molar-refractivity contribution is 0.469. The number of thioether (sulfide) groups is 1. The molecule has 1 aromatic heterocycles. The minimum absolute atomic E-state index is 0.120. The molecule has 0 aliphatic heterocycles. The summed E-state index contributed by atoms with van der Waals surface area (Å²) in [4.78, 5) is 11.6. The lowest BCUT2D eigenvalue weighted by Crippen LogP contribution is -2.24. The summed E-state index contributed by atoms with van der Waals surface area (Å²) in [6.45, 7) is 3.99. The molecule has 3 N–H and O–H groups in total. The van der Waals surface area contributed by atoms with Crippen molar-refractivity contribution in [1.82, 2.24) is 14.8 Å². The first kappa shape index (κ1) is 13.7. The van der Waals surface area contributed by atoms with E-state index in [2.05, 4.69) is 10.2 Å². The van der Waals surface area contributed by atoms with E-state index in [-0.39, 0.29) is 11.7 Å². The number of aromatic nitrogens is 3. The van der Waals surface area contributed by atoms with Gasteiger partial charge in [0.15, 0.2) is 5.16 Å². The summed E-state index contributed by atoms with van der Waals surface area (Å²) in [6, 6.07) is 0.518. The Kier molecular flexibility index (Phi) is 4.50. The molecule has 0 spiro atoms. The Balaban J connectivity index is 1.88. The summed E-state index contributed by atoms with van der Waals surface area (Å²) >= 11 is 1.65. The number of hydrogen-bond acceptors (Lipinski definition) is 4. The highest BCUT2D eigenvalue weighted by atomic mass is 32.2. The third-order valence-electron chi connectivity index (χ3n) is 3.63. The fourth-order valence-corrected chi connectivity index (χ4v) is 3.72. The number of nitrogens with two attached hydrogens (primary N) is 1. The molecule has 1 aliphatic rings. The highest BCUT2D eigenvalue weighted by Gasteiger charge is 2.23. The van der Waals surface area contributed by atoms with Crippen LogP contribution in [-0.2, 0) is 0 Å². The van der Waals surface area contributed by atoms with Crippen LogP contribution < -0.4 is 11.4 Å². The largest absolute Gasteiger partial charge is 0.344 e. The highest BCUT2D eigenvalue weighted by Crippen LogP contribution is 2.29. The van der Waals surface area contributed by atoms with Gasteiger partial charge in [0.05, 0.1) is 0 Å². The van der Waals surface area contributed by atoms with E-state index in [9.17, 15) is 4.79 Å². The zero-order valence-electron chi connectivity index (χ0n) is 11.1. The van der Waals surface area contributed by atoms with Crippen LogP contribution in [0.3, 0.4) is 0 Å². The lowest BCUT2D eigenvalue weighted by Gasteiger charge is -2.14. The van der Waals surface area contributed by atoms with E-state index < -0.39 is 0 Å². The third-order valence-corrected chi connectivity index (χ3v) is 4.61. The van der Waals surface area contributed by atoms with Gasteiger partial charge in [0.25, 0.3) is 0 Å². The summed E-state index contributed by atoms with van der Waals surface area (Å²) in [5.41, 5.74) is 5.93. The van der Waals surface area contributed by atoms with Gasteiger partial charge < -0.3 is 5.73 Å². The van der Waals surface area contributed by atoms with Crippen molar-refractivity contribution >= 4 is 11.8 Å². The third kappa shape index (κ3) is 2.98. The van der Waals surface area contributed by atoms with Crippen molar-refractivity contribution < 1.29 is 0 Å². The number of aromatic amines is 1. The van der Waals surface area contributed by atoms with E-state index in [1.807, 2.05) is 13.8 Å². The van der Waals surface area contributed by atoms with Crippen LogP contribution in [-0.4, -0.2) is 26.6 Å². The minimum Gasteiger partial charge on any atom is -0.327 e. The van der Waals surface area contributed by atoms with Crippen LogP contribution in [0.2, 0.25) is 0 Å².